The first-order valence-electron chi connectivity index (χ1n) is 9.51. The second kappa shape index (κ2) is 9.60. The average Bonchev–Trinajstić information content (AvgIpc) is 3.12. The zero-order chi connectivity index (χ0) is 22.6. The van der Waals surface area contributed by atoms with E-state index in [0.717, 1.165) is 17.5 Å². The Hall–Kier alpha value is -2.74. The van der Waals surface area contributed by atoms with Gasteiger partial charge in [-0.25, -0.2) is 4.98 Å². The minimum absolute atomic E-state index is 0.133. The van der Waals surface area contributed by atoms with Crippen molar-refractivity contribution in [1.82, 2.24) is 4.98 Å². The van der Waals surface area contributed by atoms with Crippen molar-refractivity contribution in [2.24, 2.45) is 0 Å². The maximum Gasteiger partial charge on any atom is 0.257 e. The minimum atomic E-state index is -3.36. The molecule has 0 aliphatic heterocycles. The zero-order valence-electron chi connectivity index (χ0n) is 17.2. The van der Waals surface area contributed by atoms with Gasteiger partial charge < -0.3 is 14.4 Å². The normalized spacial score (nSPS) is 13.0. The topological polar surface area (TPSA) is 97.8 Å². The molecule has 3 rings (SSSR count). The van der Waals surface area contributed by atoms with Crippen molar-refractivity contribution in [3.05, 3.63) is 59.4 Å². The number of ether oxygens (including phenoxy) is 2. The number of rotatable bonds is 8. The largest absolute Gasteiger partial charge is 0.491 e. The van der Waals surface area contributed by atoms with Crippen LogP contribution in [0.3, 0.4) is 0 Å². The first kappa shape index (κ1) is 22.9. The standard InChI is InChI=1S/C21H22FN2O5PS/c1-4-30(26,27)18-7-5-15(6-8-18)29-17-10-14(9-16(11-17)28-13(2)3)20(25)24-21-23-12-19(22)31-21/h5-13H,4H2,1-3H3,(H,26,27)(H,23,24,25). The third-order valence-corrected chi connectivity index (χ3v) is 6.78. The zero-order valence-corrected chi connectivity index (χ0v) is 18.9. The lowest BCUT2D eigenvalue weighted by Gasteiger charge is -2.14. The summed E-state index contributed by atoms with van der Waals surface area (Å²) >= 11 is 0.722. The summed E-state index contributed by atoms with van der Waals surface area (Å²) in [6.45, 7) is 5.36. The molecular formula is C21H22FN2O5PS. The highest BCUT2D eigenvalue weighted by Gasteiger charge is 2.18. The van der Waals surface area contributed by atoms with E-state index in [-0.39, 0.29) is 23.0 Å². The summed E-state index contributed by atoms with van der Waals surface area (Å²) in [4.78, 5) is 26.3. The quantitative estimate of drug-likeness (QED) is 0.454. The Labute approximate surface area is 183 Å². The SMILES string of the molecule is CCP(=O)(O)c1ccc(Oc2cc(OC(C)C)cc(C(=O)Nc3ncc(F)s3)c2)cc1. The van der Waals surface area contributed by atoms with Gasteiger partial charge in [0, 0.05) is 23.1 Å². The summed E-state index contributed by atoms with van der Waals surface area (Å²) in [6, 6.07) is 11.0. The van der Waals surface area contributed by atoms with E-state index in [1.807, 2.05) is 13.8 Å². The first-order chi connectivity index (χ1) is 14.7. The van der Waals surface area contributed by atoms with E-state index < -0.39 is 18.4 Å². The summed E-state index contributed by atoms with van der Waals surface area (Å²) in [6.07, 6.45) is 1.04. The number of halogens is 1. The molecular weight excluding hydrogens is 442 g/mol. The molecule has 0 spiro atoms. The molecule has 1 heterocycles. The van der Waals surface area contributed by atoms with Gasteiger partial charge in [0.25, 0.3) is 5.91 Å². The fraction of sp³-hybridized carbons (Fsp3) is 0.238. The molecule has 0 radical (unpaired) electrons. The second-order valence-corrected chi connectivity index (χ2v) is 10.4. The van der Waals surface area contributed by atoms with Crippen molar-refractivity contribution in [3.8, 4) is 17.2 Å². The van der Waals surface area contributed by atoms with Crippen LogP contribution in [0.25, 0.3) is 0 Å². The van der Waals surface area contributed by atoms with Gasteiger partial charge in [0.05, 0.1) is 12.3 Å². The number of carbonyl (C=O) groups is 1. The van der Waals surface area contributed by atoms with Gasteiger partial charge in [0.15, 0.2) is 10.3 Å². The van der Waals surface area contributed by atoms with Crippen molar-refractivity contribution >= 4 is 35.0 Å². The lowest BCUT2D eigenvalue weighted by molar-refractivity contribution is 0.102. The molecule has 0 bridgehead atoms. The van der Waals surface area contributed by atoms with Crippen LogP contribution in [0.1, 0.15) is 31.1 Å². The Bertz CT molecular complexity index is 1120. The fourth-order valence-electron chi connectivity index (χ4n) is 2.65. The van der Waals surface area contributed by atoms with Crippen LogP contribution in [0.4, 0.5) is 9.52 Å². The number of amides is 1. The van der Waals surface area contributed by atoms with Crippen molar-refractivity contribution in [2.45, 2.75) is 26.9 Å². The molecule has 0 saturated heterocycles. The van der Waals surface area contributed by atoms with E-state index in [2.05, 4.69) is 10.3 Å². The van der Waals surface area contributed by atoms with Crippen molar-refractivity contribution in [1.29, 1.82) is 0 Å². The van der Waals surface area contributed by atoms with Gasteiger partial charge in [-0.3, -0.25) is 14.7 Å². The third-order valence-electron chi connectivity index (χ3n) is 4.12. The molecule has 3 aromatic rings. The predicted molar refractivity (Wildman–Crippen MR) is 119 cm³/mol. The lowest BCUT2D eigenvalue weighted by Crippen LogP contribution is -2.13. The third kappa shape index (κ3) is 6.13. The van der Waals surface area contributed by atoms with Crippen molar-refractivity contribution in [2.75, 3.05) is 11.5 Å². The van der Waals surface area contributed by atoms with Gasteiger partial charge in [-0.05, 0) is 50.2 Å². The van der Waals surface area contributed by atoms with Gasteiger partial charge in [-0.15, -0.1) is 0 Å². The van der Waals surface area contributed by atoms with Crippen LogP contribution in [0.15, 0.2) is 48.7 Å². The molecule has 2 aromatic carbocycles. The predicted octanol–water partition coefficient (Wildman–Crippen LogP) is 5.03. The maximum absolute atomic E-state index is 13.2. The molecule has 1 amide bonds. The number of aromatic nitrogens is 1. The van der Waals surface area contributed by atoms with Gasteiger partial charge in [-0.2, -0.15) is 4.39 Å². The Morgan fingerprint density at radius 1 is 1.19 bits per heavy atom. The smallest absolute Gasteiger partial charge is 0.257 e. The molecule has 0 aliphatic rings. The average molecular weight is 464 g/mol. The molecule has 10 heteroatoms. The van der Waals surface area contributed by atoms with Crippen LogP contribution in [0.2, 0.25) is 0 Å². The molecule has 7 nitrogen and oxygen atoms in total. The van der Waals surface area contributed by atoms with Gasteiger partial charge in [0.1, 0.15) is 17.2 Å². The summed E-state index contributed by atoms with van der Waals surface area (Å²) in [5, 5.41) is 2.52. The van der Waals surface area contributed by atoms with Crippen LogP contribution >= 0.6 is 18.7 Å². The number of hydrogen-bond acceptors (Lipinski definition) is 6. The van der Waals surface area contributed by atoms with Crippen LogP contribution in [-0.4, -0.2) is 28.1 Å². The Kier molecular flexibility index (Phi) is 7.10. The summed E-state index contributed by atoms with van der Waals surface area (Å²) in [5.74, 6) is 0.692. The van der Waals surface area contributed by atoms with Gasteiger partial charge in [-0.1, -0.05) is 18.3 Å². The van der Waals surface area contributed by atoms with E-state index in [0.29, 0.717) is 22.6 Å². The van der Waals surface area contributed by atoms with E-state index in [1.54, 1.807) is 43.3 Å². The molecule has 1 aromatic heterocycles. The summed E-state index contributed by atoms with van der Waals surface area (Å²) in [7, 11) is -3.36. The number of nitrogens with one attached hydrogen (secondary N) is 1. The molecule has 0 saturated carbocycles. The summed E-state index contributed by atoms with van der Waals surface area (Å²) in [5.41, 5.74) is 0.242. The Morgan fingerprint density at radius 2 is 1.87 bits per heavy atom. The molecule has 0 fully saturated rings. The highest BCUT2D eigenvalue weighted by Crippen LogP contribution is 2.39. The first-order valence-corrected chi connectivity index (χ1v) is 12.2. The van der Waals surface area contributed by atoms with E-state index in [9.17, 15) is 18.6 Å². The second-order valence-electron chi connectivity index (χ2n) is 6.90. The van der Waals surface area contributed by atoms with Crippen molar-refractivity contribution in [3.63, 3.8) is 0 Å². The van der Waals surface area contributed by atoms with E-state index >= 15 is 0 Å². The molecule has 1 unspecified atom stereocenters. The van der Waals surface area contributed by atoms with Crippen LogP contribution in [-0.2, 0) is 4.57 Å². The molecule has 164 valence electrons. The van der Waals surface area contributed by atoms with Gasteiger partial charge in [0.2, 0.25) is 7.37 Å². The van der Waals surface area contributed by atoms with Gasteiger partial charge >= 0.3 is 0 Å². The number of carbonyl (C=O) groups excluding carboxylic acids is 1. The highest BCUT2D eigenvalue weighted by atomic mass is 32.1. The van der Waals surface area contributed by atoms with Crippen molar-refractivity contribution < 1.29 is 28.1 Å². The molecule has 2 N–H and O–H groups in total. The minimum Gasteiger partial charge on any atom is -0.491 e. The van der Waals surface area contributed by atoms with Crippen LogP contribution < -0.4 is 20.1 Å². The Balaban J connectivity index is 1.86. The van der Waals surface area contributed by atoms with E-state index in [1.165, 1.54) is 6.07 Å². The number of hydrogen-bond donors (Lipinski definition) is 2. The van der Waals surface area contributed by atoms with Crippen LogP contribution in [0.5, 0.6) is 17.2 Å². The number of thiazole rings is 1. The fourth-order valence-corrected chi connectivity index (χ4v) is 4.17. The monoisotopic (exact) mass is 464 g/mol. The highest BCUT2D eigenvalue weighted by molar-refractivity contribution is 7.66. The van der Waals surface area contributed by atoms with Crippen LogP contribution in [0, 0.1) is 5.13 Å². The van der Waals surface area contributed by atoms with E-state index in [4.69, 9.17) is 9.47 Å². The lowest BCUT2D eigenvalue weighted by atomic mass is 10.2. The number of benzene rings is 2. The Morgan fingerprint density at radius 3 is 2.45 bits per heavy atom. The number of anilines is 1. The molecule has 1 atom stereocenters. The molecule has 31 heavy (non-hydrogen) atoms. The number of nitrogens with zero attached hydrogens (tertiary/aromatic N) is 1. The summed E-state index contributed by atoms with van der Waals surface area (Å²) < 4.78 is 36.8. The maximum atomic E-state index is 13.2. The molecule has 0 aliphatic carbocycles.